The highest BCUT2D eigenvalue weighted by molar-refractivity contribution is 5.61. The Bertz CT molecular complexity index is 639. The molecule has 4 aliphatic carbocycles. The average molecular weight is 330 g/mol. The Labute approximate surface area is 144 Å². The van der Waals surface area contributed by atoms with Gasteiger partial charge in [0, 0.05) is 22.6 Å². The third-order valence-corrected chi connectivity index (χ3v) is 7.39. The van der Waals surface area contributed by atoms with Crippen LogP contribution in [-0.2, 0) is 10.8 Å². The molecule has 0 heterocycles. The molecule has 0 spiro atoms. The monoisotopic (exact) mass is 330 g/mol. The number of rotatable bonds is 3. The Morgan fingerprint density at radius 2 is 1.46 bits per heavy atom. The highest BCUT2D eigenvalue weighted by Crippen LogP contribution is 2.64. The van der Waals surface area contributed by atoms with E-state index in [0.717, 1.165) is 54.6 Å². The van der Waals surface area contributed by atoms with Crippen LogP contribution in [-0.4, -0.2) is 15.3 Å². The van der Waals surface area contributed by atoms with Crippen molar-refractivity contribution in [1.82, 2.24) is 0 Å². The van der Waals surface area contributed by atoms with Gasteiger partial charge in [0.1, 0.15) is 5.75 Å². The molecule has 0 radical (unpaired) electrons. The van der Waals surface area contributed by atoms with E-state index in [-0.39, 0.29) is 28.1 Å². The predicted molar refractivity (Wildman–Crippen MR) is 94.6 cm³/mol. The second-order valence-corrected chi connectivity index (χ2v) is 9.45. The van der Waals surface area contributed by atoms with Crippen LogP contribution in [0.2, 0.25) is 0 Å². The molecule has 3 N–H and O–H groups in total. The summed E-state index contributed by atoms with van der Waals surface area (Å²) in [6.45, 7) is 6.37. The molecule has 1 aromatic rings. The molecular formula is C21H30O3. The molecule has 1 aromatic carbocycles. The lowest BCUT2D eigenvalue weighted by atomic mass is 9.47. The number of phenolic OH excluding ortho intramolecular Hbond substituents is 3. The number of aromatic hydroxyl groups is 3. The van der Waals surface area contributed by atoms with E-state index in [1.807, 2.05) is 0 Å². The summed E-state index contributed by atoms with van der Waals surface area (Å²) in [6.07, 6.45) is 8.17. The minimum Gasteiger partial charge on any atom is -0.507 e. The van der Waals surface area contributed by atoms with Crippen molar-refractivity contribution in [3.8, 4) is 17.2 Å². The van der Waals surface area contributed by atoms with Gasteiger partial charge in [0.25, 0.3) is 0 Å². The zero-order valence-corrected chi connectivity index (χ0v) is 15.1. The first kappa shape index (κ1) is 16.1. The smallest absolute Gasteiger partial charge is 0.161 e. The first-order chi connectivity index (χ1) is 11.3. The summed E-state index contributed by atoms with van der Waals surface area (Å²) in [5.41, 5.74) is 1.44. The largest absolute Gasteiger partial charge is 0.507 e. The first-order valence-electron chi connectivity index (χ1n) is 9.54. The van der Waals surface area contributed by atoms with Crippen LogP contribution in [0.15, 0.2) is 6.07 Å². The summed E-state index contributed by atoms with van der Waals surface area (Å²) >= 11 is 0. The molecule has 4 aliphatic rings. The summed E-state index contributed by atoms with van der Waals surface area (Å²) in [6, 6.07) is 1.33. The van der Waals surface area contributed by atoms with Crippen LogP contribution >= 0.6 is 0 Å². The number of hydrogen-bond acceptors (Lipinski definition) is 3. The van der Waals surface area contributed by atoms with Crippen molar-refractivity contribution in [3.63, 3.8) is 0 Å². The third kappa shape index (κ3) is 2.16. The van der Waals surface area contributed by atoms with Gasteiger partial charge in [-0.25, -0.2) is 0 Å². The van der Waals surface area contributed by atoms with Gasteiger partial charge in [-0.15, -0.1) is 0 Å². The summed E-state index contributed by atoms with van der Waals surface area (Å²) in [4.78, 5) is 0. The molecular weight excluding hydrogens is 300 g/mol. The molecule has 3 nitrogen and oxygen atoms in total. The van der Waals surface area contributed by atoms with Crippen LogP contribution in [0.3, 0.4) is 0 Å². The van der Waals surface area contributed by atoms with Gasteiger partial charge in [-0.05, 0) is 68.1 Å². The lowest BCUT2D eigenvalue weighted by Gasteiger charge is -2.58. The minimum atomic E-state index is -0.228. The molecule has 0 saturated heterocycles. The fourth-order valence-electron chi connectivity index (χ4n) is 6.44. The molecule has 0 aromatic heterocycles. The Hall–Kier alpha value is -1.38. The van der Waals surface area contributed by atoms with E-state index in [2.05, 4.69) is 20.8 Å². The van der Waals surface area contributed by atoms with Gasteiger partial charge in [-0.1, -0.05) is 20.8 Å². The van der Waals surface area contributed by atoms with E-state index in [9.17, 15) is 15.3 Å². The molecule has 4 saturated carbocycles. The Balaban J connectivity index is 1.95. The van der Waals surface area contributed by atoms with Crippen molar-refractivity contribution in [2.75, 3.05) is 0 Å². The topological polar surface area (TPSA) is 60.7 Å². The van der Waals surface area contributed by atoms with Crippen LogP contribution < -0.4 is 0 Å². The van der Waals surface area contributed by atoms with Crippen molar-refractivity contribution in [2.45, 2.75) is 76.5 Å². The molecule has 0 unspecified atom stereocenters. The van der Waals surface area contributed by atoms with Gasteiger partial charge in [0.05, 0.1) is 0 Å². The van der Waals surface area contributed by atoms with Gasteiger partial charge < -0.3 is 15.3 Å². The molecule has 5 rings (SSSR count). The maximum atomic E-state index is 10.9. The Morgan fingerprint density at radius 3 is 1.92 bits per heavy atom. The van der Waals surface area contributed by atoms with E-state index in [1.54, 1.807) is 0 Å². The van der Waals surface area contributed by atoms with Gasteiger partial charge >= 0.3 is 0 Å². The Kier molecular flexibility index (Phi) is 3.40. The zero-order chi connectivity index (χ0) is 17.3. The number of hydrogen-bond donors (Lipinski definition) is 3. The summed E-state index contributed by atoms with van der Waals surface area (Å²) in [7, 11) is 0. The highest BCUT2D eigenvalue weighted by Gasteiger charge is 2.54. The van der Waals surface area contributed by atoms with Crippen molar-refractivity contribution in [3.05, 3.63) is 17.2 Å². The maximum absolute atomic E-state index is 10.9. The molecule has 4 bridgehead atoms. The van der Waals surface area contributed by atoms with Crippen LogP contribution in [0.1, 0.15) is 76.8 Å². The lowest BCUT2D eigenvalue weighted by Crippen LogP contribution is -2.49. The van der Waals surface area contributed by atoms with Crippen LogP contribution in [0, 0.1) is 17.8 Å². The second-order valence-electron chi connectivity index (χ2n) is 9.45. The predicted octanol–water partition coefficient (Wildman–Crippen LogP) is 4.96. The SMILES string of the molecule is CCC(C)(C)c1c(O)cc(O)c(O)c1C12CC3CC(CC(C3)C1)C2. The maximum Gasteiger partial charge on any atom is 0.161 e. The van der Waals surface area contributed by atoms with Crippen LogP contribution in [0.5, 0.6) is 17.2 Å². The van der Waals surface area contributed by atoms with Crippen LogP contribution in [0.4, 0.5) is 0 Å². The summed E-state index contributed by atoms with van der Waals surface area (Å²) in [5.74, 6) is 2.23. The third-order valence-electron chi connectivity index (χ3n) is 7.39. The number of benzene rings is 1. The molecule has 0 amide bonds. The van der Waals surface area contributed by atoms with Gasteiger partial charge in [0.15, 0.2) is 11.5 Å². The fraction of sp³-hybridized carbons (Fsp3) is 0.714. The van der Waals surface area contributed by atoms with E-state index in [0.29, 0.717) is 0 Å². The molecule has 24 heavy (non-hydrogen) atoms. The highest BCUT2D eigenvalue weighted by atomic mass is 16.3. The van der Waals surface area contributed by atoms with Crippen molar-refractivity contribution in [1.29, 1.82) is 0 Å². The quantitative estimate of drug-likeness (QED) is 0.542. The van der Waals surface area contributed by atoms with E-state index >= 15 is 0 Å². The fourth-order valence-corrected chi connectivity index (χ4v) is 6.44. The van der Waals surface area contributed by atoms with Gasteiger partial charge in [-0.2, -0.15) is 0 Å². The Morgan fingerprint density at radius 1 is 0.958 bits per heavy atom. The van der Waals surface area contributed by atoms with Gasteiger partial charge in [0.2, 0.25) is 0 Å². The molecule has 4 fully saturated rings. The molecule has 0 atom stereocenters. The van der Waals surface area contributed by atoms with E-state index in [1.165, 1.54) is 25.3 Å². The normalized spacial score (nSPS) is 34.7. The zero-order valence-electron chi connectivity index (χ0n) is 15.1. The van der Waals surface area contributed by atoms with Crippen molar-refractivity contribution in [2.24, 2.45) is 17.8 Å². The van der Waals surface area contributed by atoms with E-state index in [4.69, 9.17) is 0 Å². The number of phenols is 3. The standard InChI is InChI=1S/C21H30O3/c1-4-20(2,3)17-15(22)8-16(23)19(24)18(17)21-9-12-5-13(10-21)7-14(6-12)11-21/h8,12-14,22-24H,4-7,9-11H2,1-3H3. The molecule has 132 valence electrons. The first-order valence-corrected chi connectivity index (χ1v) is 9.54. The van der Waals surface area contributed by atoms with Crippen molar-refractivity contribution < 1.29 is 15.3 Å². The van der Waals surface area contributed by atoms with E-state index < -0.39 is 0 Å². The van der Waals surface area contributed by atoms with Gasteiger partial charge in [-0.3, -0.25) is 0 Å². The molecule has 3 heteroatoms. The van der Waals surface area contributed by atoms with Crippen molar-refractivity contribution >= 4 is 0 Å². The van der Waals surface area contributed by atoms with Crippen LogP contribution in [0.25, 0.3) is 0 Å². The second kappa shape index (κ2) is 5.06. The minimum absolute atomic E-state index is 0.0197. The molecule has 0 aliphatic heterocycles. The summed E-state index contributed by atoms with van der Waals surface area (Å²) < 4.78 is 0. The average Bonchev–Trinajstić information content (AvgIpc) is 2.48. The lowest BCUT2D eigenvalue weighted by molar-refractivity contribution is -0.00725. The summed E-state index contributed by atoms with van der Waals surface area (Å²) in [5, 5.41) is 31.8.